The van der Waals surface area contributed by atoms with Gasteiger partial charge in [-0.25, -0.2) is 4.39 Å². The van der Waals surface area contributed by atoms with Gasteiger partial charge in [-0.1, -0.05) is 0 Å². The second kappa shape index (κ2) is 8.03. The fourth-order valence-electron chi connectivity index (χ4n) is 3.85. The number of amides is 2. The molecule has 6 nitrogen and oxygen atoms in total. The first-order valence-corrected chi connectivity index (χ1v) is 9.10. The molecule has 2 saturated heterocycles. The Balaban J connectivity index is 1.57. The number of rotatable bonds is 4. The standard InChI is InChI=1S/C19H26FN3O3/c1-14(24)23-7-3-4-17(23)19(25)22-10-8-21(9-11-22)13-15-12-16(20)5-6-18(15)26-2/h5-6,12,17H,3-4,7-11,13H2,1-2H3. The number of likely N-dealkylation sites (tertiary alicyclic amines) is 1. The van der Waals surface area contributed by atoms with Crippen LogP contribution in [0.2, 0.25) is 0 Å². The molecule has 0 saturated carbocycles. The van der Waals surface area contributed by atoms with Crippen LogP contribution in [0.5, 0.6) is 5.75 Å². The molecule has 0 aromatic heterocycles. The Bertz CT molecular complexity index is 674. The molecule has 2 fully saturated rings. The average molecular weight is 363 g/mol. The molecule has 0 bridgehead atoms. The van der Waals surface area contributed by atoms with E-state index in [-0.39, 0.29) is 23.7 Å². The fraction of sp³-hybridized carbons (Fsp3) is 0.579. The molecule has 2 heterocycles. The van der Waals surface area contributed by atoms with Crippen LogP contribution in [0.15, 0.2) is 18.2 Å². The minimum atomic E-state index is -0.303. The number of piperazine rings is 1. The molecule has 2 aliphatic heterocycles. The summed E-state index contributed by atoms with van der Waals surface area (Å²) in [7, 11) is 1.58. The van der Waals surface area contributed by atoms with E-state index in [1.54, 1.807) is 18.1 Å². The van der Waals surface area contributed by atoms with E-state index in [1.807, 2.05) is 4.90 Å². The molecule has 0 aliphatic carbocycles. The highest BCUT2D eigenvalue weighted by Gasteiger charge is 2.36. The van der Waals surface area contributed by atoms with Crippen LogP contribution in [0, 0.1) is 5.82 Å². The summed E-state index contributed by atoms with van der Waals surface area (Å²) in [6, 6.07) is 4.23. The van der Waals surface area contributed by atoms with Crippen molar-refractivity contribution in [3.63, 3.8) is 0 Å². The second-order valence-electron chi connectivity index (χ2n) is 6.93. The SMILES string of the molecule is COc1ccc(F)cc1CN1CCN(C(=O)C2CCCN2C(C)=O)CC1. The predicted molar refractivity (Wildman–Crippen MR) is 95.2 cm³/mol. The van der Waals surface area contributed by atoms with Gasteiger partial charge in [-0.3, -0.25) is 14.5 Å². The molecule has 2 amide bonds. The van der Waals surface area contributed by atoms with Gasteiger partial charge in [0.1, 0.15) is 17.6 Å². The van der Waals surface area contributed by atoms with Crippen molar-refractivity contribution in [3.05, 3.63) is 29.6 Å². The van der Waals surface area contributed by atoms with Crippen molar-refractivity contribution >= 4 is 11.8 Å². The van der Waals surface area contributed by atoms with Gasteiger partial charge in [-0.2, -0.15) is 0 Å². The van der Waals surface area contributed by atoms with Gasteiger partial charge in [0.05, 0.1) is 7.11 Å². The number of carbonyl (C=O) groups excluding carboxylic acids is 2. The third-order valence-corrected chi connectivity index (χ3v) is 5.26. The molecule has 142 valence electrons. The van der Waals surface area contributed by atoms with E-state index in [1.165, 1.54) is 19.1 Å². The molecule has 3 rings (SSSR count). The molecular weight excluding hydrogens is 337 g/mol. The zero-order valence-electron chi connectivity index (χ0n) is 15.4. The Morgan fingerprint density at radius 1 is 1.19 bits per heavy atom. The Morgan fingerprint density at radius 2 is 1.92 bits per heavy atom. The molecule has 0 radical (unpaired) electrons. The van der Waals surface area contributed by atoms with Crippen LogP contribution in [0.4, 0.5) is 4.39 Å². The van der Waals surface area contributed by atoms with Crippen LogP contribution in [-0.4, -0.2) is 72.4 Å². The smallest absolute Gasteiger partial charge is 0.245 e. The Morgan fingerprint density at radius 3 is 2.58 bits per heavy atom. The van der Waals surface area contributed by atoms with Gasteiger partial charge in [0.2, 0.25) is 11.8 Å². The lowest BCUT2D eigenvalue weighted by atomic mass is 10.1. The van der Waals surface area contributed by atoms with Crippen molar-refractivity contribution in [2.75, 3.05) is 39.8 Å². The summed E-state index contributed by atoms with van der Waals surface area (Å²) in [5, 5.41) is 0. The first kappa shape index (κ1) is 18.6. The van der Waals surface area contributed by atoms with E-state index in [9.17, 15) is 14.0 Å². The molecular formula is C19H26FN3O3. The summed E-state index contributed by atoms with van der Waals surface area (Å²) < 4.78 is 18.8. The summed E-state index contributed by atoms with van der Waals surface area (Å²) in [5.74, 6) is 0.423. The normalized spacial score (nSPS) is 21.1. The van der Waals surface area contributed by atoms with E-state index in [0.717, 1.165) is 31.5 Å². The minimum Gasteiger partial charge on any atom is -0.496 e. The number of nitrogens with zero attached hydrogens (tertiary/aromatic N) is 3. The first-order valence-electron chi connectivity index (χ1n) is 9.10. The predicted octanol–water partition coefficient (Wildman–Crippen LogP) is 1.49. The highest BCUT2D eigenvalue weighted by Crippen LogP contribution is 2.23. The fourth-order valence-corrected chi connectivity index (χ4v) is 3.85. The summed E-state index contributed by atoms with van der Waals surface area (Å²) in [5.41, 5.74) is 0.811. The first-order chi connectivity index (χ1) is 12.5. The van der Waals surface area contributed by atoms with Gasteiger partial charge >= 0.3 is 0 Å². The molecule has 1 aromatic carbocycles. The molecule has 26 heavy (non-hydrogen) atoms. The van der Waals surface area contributed by atoms with Crippen LogP contribution in [0.1, 0.15) is 25.3 Å². The van der Waals surface area contributed by atoms with E-state index in [4.69, 9.17) is 4.74 Å². The van der Waals surface area contributed by atoms with Gasteiger partial charge in [0.15, 0.2) is 0 Å². The minimum absolute atomic E-state index is 0.0299. The molecule has 0 spiro atoms. The molecule has 2 aliphatic rings. The Hall–Kier alpha value is -2.15. The zero-order chi connectivity index (χ0) is 18.7. The van der Waals surface area contributed by atoms with Gasteiger partial charge in [-0.05, 0) is 31.0 Å². The van der Waals surface area contributed by atoms with Gasteiger partial charge in [0, 0.05) is 51.8 Å². The lowest BCUT2D eigenvalue weighted by Crippen LogP contribution is -2.54. The lowest BCUT2D eigenvalue weighted by molar-refractivity contribution is -0.144. The summed E-state index contributed by atoms with van der Waals surface area (Å²) in [4.78, 5) is 30.2. The van der Waals surface area contributed by atoms with Crippen molar-refractivity contribution in [2.24, 2.45) is 0 Å². The quantitative estimate of drug-likeness (QED) is 0.813. The van der Waals surface area contributed by atoms with Crippen LogP contribution in [-0.2, 0) is 16.1 Å². The number of halogens is 1. The monoisotopic (exact) mass is 363 g/mol. The van der Waals surface area contributed by atoms with Crippen LogP contribution >= 0.6 is 0 Å². The number of hydrogen-bond donors (Lipinski definition) is 0. The number of methoxy groups -OCH3 is 1. The maximum atomic E-state index is 13.5. The third-order valence-electron chi connectivity index (χ3n) is 5.26. The van der Waals surface area contributed by atoms with Crippen LogP contribution in [0.3, 0.4) is 0 Å². The Labute approximate surface area is 153 Å². The molecule has 1 atom stereocenters. The van der Waals surface area contributed by atoms with E-state index < -0.39 is 0 Å². The van der Waals surface area contributed by atoms with Gasteiger partial charge in [-0.15, -0.1) is 0 Å². The molecule has 1 aromatic rings. The molecule has 7 heteroatoms. The average Bonchev–Trinajstić information content (AvgIpc) is 3.12. The van der Waals surface area contributed by atoms with Crippen molar-refractivity contribution in [1.82, 2.24) is 14.7 Å². The van der Waals surface area contributed by atoms with E-state index >= 15 is 0 Å². The summed E-state index contributed by atoms with van der Waals surface area (Å²) in [6.45, 7) is 5.47. The van der Waals surface area contributed by atoms with Gasteiger partial charge in [0.25, 0.3) is 0 Å². The maximum Gasteiger partial charge on any atom is 0.245 e. The van der Waals surface area contributed by atoms with Crippen molar-refractivity contribution in [1.29, 1.82) is 0 Å². The number of hydrogen-bond acceptors (Lipinski definition) is 4. The summed E-state index contributed by atoms with van der Waals surface area (Å²) in [6.07, 6.45) is 1.63. The maximum absolute atomic E-state index is 13.5. The largest absolute Gasteiger partial charge is 0.496 e. The topological polar surface area (TPSA) is 53.1 Å². The zero-order valence-corrected chi connectivity index (χ0v) is 15.4. The molecule has 1 unspecified atom stereocenters. The van der Waals surface area contributed by atoms with Crippen LogP contribution < -0.4 is 4.74 Å². The van der Waals surface area contributed by atoms with Crippen LogP contribution in [0.25, 0.3) is 0 Å². The number of carbonyl (C=O) groups is 2. The van der Waals surface area contributed by atoms with Crippen molar-refractivity contribution < 1.29 is 18.7 Å². The molecule has 0 N–H and O–H groups in total. The highest BCUT2D eigenvalue weighted by atomic mass is 19.1. The summed E-state index contributed by atoms with van der Waals surface area (Å²) >= 11 is 0. The number of ether oxygens (including phenoxy) is 1. The second-order valence-corrected chi connectivity index (χ2v) is 6.93. The number of benzene rings is 1. The highest BCUT2D eigenvalue weighted by molar-refractivity contribution is 5.87. The van der Waals surface area contributed by atoms with Gasteiger partial charge < -0.3 is 14.5 Å². The van der Waals surface area contributed by atoms with Crippen molar-refractivity contribution in [2.45, 2.75) is 32.4 Å². The third kappa shape index (κ3) is 3.98. The Kier molecular flexibility index (Phi) is 5.76. The lowest BCUT2D eigenvalue weighted by Gasteiger charge is -2.37. The van der Waals surface area contributed by atoms with E-state index in [2.05, 4.69) is 4.90 Å². The van der Waals surface area contributed by atoms with E-state index in [0.29, 0.717) is 31.9 Å². The van der Waals surface area contributed by atoms with Crippen molar-refractivity contribution in [3.8, 4) is 5.75 Å².